The summed E-state index contributed by atoms with van der Waals surface area (Å²) in [5, 5.41) is 2.56. The molecule has 0 heterocycles. The van der Waals surface area contributed by atoms with Crippen molar-refractivity contribution in [2.75, 3.05) is 20.6 Å². The Labute approximate surface area is 103 Å². The van der Waals surface area contributed by atoms with E-state index in [0.29, 0.717) is 10.0 Å². The van der Waals surface area contributed by atoms with Crippen LogP contribution < -0.4 is 5.32 Å². The number of nitrogens with zero attached hydrogens (tertiary/aromatic N) is 1. The Kier molecular flexibility index (Phi) is 4.49. The maximum atomic E-state index is 11.7. The fraction of sp³-hybridized carbons (Fsp3) is 0.273. The molecule has 0 saturated heterocycles. The van der Waals surface area contributed by atoms with Crippen LogP contribution in [0.25, 0.3) is 0 Å². The highest BCUT2D eigenvalue weighted by atomic mass is 79.9. The monoisotopic (exact) mass is 284 g/mol. The van der Waals surface area contributed by atoms with E-state index in [4.69, 9.17) is 0 Å². The lowest BCUT2D eigenvalue weighted by molar-refractivity contribution is -0.127. The first kappa shape index (κ1) is 12.7. The summed E-state index contributed by atoms with van der Waals surface area (Å²) in [4.78, 5) is 24.4. The van der Waals surface area contributed by atoms with Gasteiger partial charge in [-0.15, -0.1) is 0 Å². The normalized spacial score (nSPS) is 9.69. The van der Waals surface area contributed by atoms with Crippen molar-refractivity contribution in [3.63, 3.8) is 0 Å². The van der Waals surface area contributed by atoms with Gasteiger partial charge in [-0.3, -0.25) is 9.59 Å². The molecule has 0 spiro atoms. The van der Waals surface area contributed by atoms with Crippen molar-refractivity contribution in [1.29, 1.82) is 0 Å². The minimum absolute atomic E-state index is 0.00711. The van der Waals surface area contributed by atoms with Crippen molar-refractivity contribution >= 4 is 27.7 Å². The van der Waals surface area contributed by atoms with Gasteiger partial charge in [0, 0.05) is 18.6 Å². The van der Waals surface area contributed by atoms with Crippen LogP contribution in [0, 0.1) is 0 Å². The Bertz CT molecular complexity index is 405. The lowest BCUT2D eigenvalue weighted by Gasteiger charge is -2.11. The first-order chi connectivity index (χ1) is 7.52. The molecule has 0 aromatic heterocycles. The van der Waals surface area contributed by atoms with Crippen LogP contribution in [-0.2, 0) is 4.79 Å². The number of carbonyl (C=O) groups excluding carboxylic acids is 2. The Hall–Kier alpha value is -1.36. The summed E-state index contributed by atoms with van der Waals surface area (Å²) >= 11 is 3.28. The largest absolute Gasteiger partial charge is 0.347 e. The Morgan fingerprint density at radius 3 is 2.50 bits per heavy atom. The molecule has 0 aliphatic heterocycles. The van der Waals surface area contributed by atoms with Crippen molar-refractivity contribution in [3.05, 3.63) is 34.3 Å². The van der Waals surface area contributed by atoms with Crippen molar-refractivity contribution in [2.24, 2.45) is 0 Å². The Balaban J connectivity index is 2.60. The number of likely N-dealkylation sites (N-methyl/N-ethyl adjacent to an activating group) is 1. The van der Waals surface area contributed by atoms with Gasteiger partial charge >= 0.3 is 0 Å². The summed E-state index contributed by atoms with van der Waals surface area (Å²) in [7, 11) is 3.29. The Morgan fingerprint density at radius 2 is 1.94 bits per heavy atom. The zero-order chi connectivity index (χ0) is 12.1. The topological polar surface area (TPSA) is 49.4 Å². The first-order valence-corrected chi connectivity index (χ1v) is 5.54. The van der Waals surface area contributed by atoms with Gasteiger partial charge in [-0.1, -0.05) is 12.1 Å². The average molecular weight is 285 g/mol. The van der Waals surface area contributed by atoms with Crippen molar-refractivity contribution < 1.29 is 9.59 Å². The van der Waals surface area contributed by atoms with E-state index in [1.807, 2.05) is 6.07 Å². The number of hydrogen-bond donors (Lipinski definition) is 1. The highest BCUT2D eigenvalue weighted by Gasteiger charge is 2.11. The third-order valence-corrected chi connectivity index (χ3v) is 2.71. The standard InChI is InChI=1S/C11H13BrN2O2/c1-14(2)10(15)7-13-11(16)8-5-3-4-6-9(8)12/h3-6H,7H2,1-2H3,(H,13,16). The second-order valence-corrected chi connectivity index (χ2v) is 4.31. The number of benzene rings is 1. The van der Waals surface area contributed by atoms with Gasteiger partial charge in [-0.2, -0.15) is 0 Å². The van der Waals surface area contributed by atoms with Gasteiger partial charge in [-0.05, 0) is 28.1 Å². The molecule has 0 unspecified atom stereocenters. The quantitative estimate of drug-likeness (QED) is 0.909. The van der Waals surface area contributed by atoms with Crippen LogP contribution in [0.4, 0.5) is 0 Å². The molecule has 16 heavy (non-hydrogen) atoms. The van der Waals surface area contributed by atoms with Crippen LogP contribution in [0.15, 0.2) is 28.7 Å². The zero-order valence-corrected chi connectivity index (χ0v) is 10.7. The fourth-order valence-corrected chi connectivity index (χ4v) is 1.52. The number of nitrogens with one attached hydrogen (secondary N) is 1. The summed E-state index contributed by atoms with van der Waals surface area (Å²) in [5.74, 6) is -0.400. The molecule has 0 atom stereocenters. The van der Waals surface area contributed by atoms with Gasteiger partial charge in [0.15, 0.2) is 0 Å². The van der Waals surface area contributed by atoms with E-state index in [9.17, 15) is 9.59 Å². The summed E-state index contributed by atoms with van der Waals surface area (Å²) < 4.78 is 0.713. The summed E-state index contributed by atoms with van der Waals surface area (Å²) in [6.45, 7) is 0.00711. The molecule has 1 rings (SSSR count). The molecule has 0 fully saturated rings. The van der Waals surface area contributed by atoms with Gasteiger partial charge in [0.25, 0.3) is 5.91 Å². The predicted octanol–water partition coefficient (Wildman–Crippen LogP) is 1.27. The number of halogens is 1. The third kappa shape index (κ3) is 3.34. The van der Waals surface area contributed by atoms with Crippen molar-refractivity contribution in [2.45, 2.75) is 0 Å². The summed E-state index contributed by atoms with van der Waals surface area (Å²) in [5.41, 5.74) is 0.522. The molecule has 86 valence electrons. The van der Waals surface area contributed by atoms with E-state index in [2.05, 4.69) is 21.2 Å². The number of hydrogen-bond acceptors (Lipinski definition) is 2. The molecule has 0 aliphatic carbocycles. The summed E-state index contributed by atoms with van der Waals surface area (Å²) in [6.07, 6.45) is 0. The highest BCUT2D eigenvalue weighted by Crippen LogP contribution is 2.15. The molecule has 0 saturated carbocycles. The maximum absolute atomic E-state index is 11.7. The lowest BCUT2D eigenvalue weighted by atomic mass is 10.2. The highest BCUT2D eigenvalue weighted by molar-refractivity contribution is 9.10. The lowest BCUT2D eigenvalue weighted by Crippen LogP contribution is -2.36. The smallest absolute Gasteiger partial charge is 0.252 e. The van der Waals surface area contributed by atoms with Gasteiger partial charge in [0.05, 0.1) is 12.1 Å². The van der Waals surface area contributed by atoms with Crippen LogP contribution in [0.3, 0.4) is 0 Å². The first-order valence-electron chi connectivity index (χ1n) is 4.75. The summed E-state index contributed by atoms with van der Waals surface area (Å²) in [6, 6.07) is 7.07. The zero-order valence-electron chi connectivity index (χ0n) is 9.16. The van der Waals surface area contributed by atoms with Gasteiger partial charge in [0.2, 0.25) is 5.91 Å². The molecule has 1 N–H and O–H groups in total. The molecule has 4 nitrogen and oxygen atoms in total. The SMILES string of the molecule is CN(C)C(=O)CNC(=O)c1ccccc1Br. The molecule has 0 aliphatic rings. The van der Waals surface area contributed by atoms with Crippen molar-refractivity contribution in [3.8, 4) is 0 Å². The maximum Gasteiger partial charge on any atom is 0.252 e. The number of amides is 2. The fourth-order valence-electron chi connectivity index (χ4n) is 1.05. The van der Waals surface area contributed by atoms with Crippen LogP contribution in [-0.4, -0.2) is 37.4 Å². The van der Waals surface area contributed by atoms with E-state index in [1.165, 1.54) is 4.90 Å². The number of rotatable bonds is 3. The molecular weight excluding hydrogens is 272 g/mol. The van der Waals surface area contributed by atoms with E-state index in [-0.39, 0.29) is 18.4 Å². The molecule has 1 aromatic rings. The van der Waals surface area contributed by atoms with Crippen LogP contribution in [0.2, 0.25) is 0 Å². The van der Waals surface area contributed by atoms with Crippen molar-refractivity contribution in [1.82, 2.24) is 10.2 Å². The second kappa shape index (κ2) is 5.65. The van der Waals surface area contributed by atoms with Crippen LogP contribution in [0.5, 0.6) is 0 Å². The second-order valence-electron chi connectivity index (χ2n) is 3.45. The van der Waals surface area contributed by atoms with E-state index in [1.54, 1.807) is 32.3 Å². The van der Waals surface area contributed by atoms with Crippen LogP contribution in [0.1, 0.15) is 10.4 Å². The number of carbonyl (C=O) groups is 2. The third-order valence-electron chi connectivity index (χ3n) is 2.02. The van der Waals surface area contributed by atoms with Gasteiger partial charge in [-0.25, -0.2) is 0 Å². The average Bonchev–Trinajstić information content (AvgIpc) is 2.25. The van der Waals surface area contributed by atoms with E-state index < -0.39 is 0 Å². The molecule has 1 aromatic carbocycles. The molecular formula is C11H13BrN2O2. The molecule has 0 bridgehead atoms. The Morgan fingerprint density at radius 1 is 1.31 bits per heavy atom. The predicted molar refractivity (Wildman–Crippen MR) is 65.2 cm³/mol. The van der Waals surface area contributed by atoms with Crippen LogP contribution >= 0.6 is 15.9 Å². The van der Waals surface area contributed by atoms with E-state index >= 15 is 0 Å². The van der Waals surface area contributed by atoms with Gasteiger partial charge < -0.3 is 10.2 Å². The van der Waals surface area contributed by atoms with E-state index in [0.717, 1.165) is 0 Å². The minimum atomic E-state index is -0.261. The van der Waals surface area contributed by atoms with Gasteiger partial charge in [0.1, 0.15) is 0 Å². The molecule has 5 heteroatoms. The minimum Gasteiger partial charge on any atom is -0.347 e. The molecule has 0 radical (unpaired) electrons. The molecule has 2 amide bonds.